The van der Waals surface area contributed by atoms with Gasteiger partial charge in [0.15, 0.2) is 0 Å². The fourth-order valence-electron chi connectivity index (χ4n) is 3.37. The molecule has 0 aliphatic carbocycles. The number of aromatic nitrogens is 1. The van der Waals surface area contributed by atoms with Crippen LogP contribution in [0.25, 0.3) is 10.9 Å². The van der Waals surface area contributed by atoms with Gasteiger partial charge in [0.05, 0.1) is 25.3 Å². The Bertz CT molecular complexity index is 753. The first-order valence-corrected chi connectivity index (χ1v) is 8.22. The molecule has 24 heavy (non-hydrogen) atoms. The Morgan fingerprint density at radius 1 is 1.33 bits per heavy atom. The molecule has 6 heteroatoms. The van der Waals surface area contributed by atoms with E-state index in [1.54, 1.807) is 17.7 Å². The highest BCUT2D eigenvalue weighted by Gasteiger charge is 2.20. The topological polar surface area (TPSA) is 77.6 Å². The molecule has 1 saturated heterocycles. The summed E-state index contributed by atoms with van der Waals surface area (Å²) in [6, 6.07) is 8.14. The molecule has 1 aromatic heterocycles. The molecule has 1 atom stereocenters. The van der Waals surface area contributed by atoms with Crippen LogP contribution in [0.5, 0.6) is 0 Å². The monoisotopic (exact) mass is 329 g/mol. The average molecular weight is 329 g/mol. The highest BCUT2D eigenvalue weighted by molar-refractivity contribution is 5.91. The summed E-state index contributed by atoms with van der Waals surface area (Å²) in [6.07, 6.45) is 2.68. The maximum Gasteiger partial charge on any atom is 0.231 e. The van der Waals surface area contributed by atoms with Gasteiger partial charge in [0.1, 0.15) is 0 Å². The summed E-state index contributed by atoms with van der Waals surface area (Å²) in [5.41, 5.74) is 7.45. The molecule has 2 heterocycles. The molecule has 1 fully saturated rings. The van der Waals surface area contributed by atoms with Crippen molar-refractivity contribution in [1.82, 2.24) is 9.47 Å². The molecule has 2 N–H and O–H groups in total. The van der Waals surface area contributed by atoms with E-state index in [9.17, 15) is 9.59 Å². The lowest BCUT2D eigenvalue weighted by Crippen LogP contribution is -2.37. The maximum atomic E-state index is 11.6. The minimum atomic E-state index is -0.303. The van der Waals surface area contributed by atoms with Gasteiger partial charge < -0.3 is 10.5 Å². The third-order valence-electron chi connectivity index (χ3n) is 4.42. The SMILES string of the molecule is CC(=O)n1ccc2cc(C[C@H]3COCCN(CC(N)=O)C3)ccc21. The van der Waals surface area contributed by atoms with Crippen molar-refractivity contribution in [2.45, 2.75) is 13.3 Å². The van der Waals surface area contributed by atoms with E-state index in [0.717, 1.165) is 30.4 Å². The Hall–Kier alpha value is -2.18. The molecule has 6 nitrogen and oxygen atoms in total. The van der Waals surface area contributed by atoms with Gasteiger partial charge in [-0.15, -0.1) is 0 Å². The van der Waals surface area contributed by atoms with Crippen molar-refractivity contribution in [2.24, 2.45) is 11.7 Å². The number of nitrogens with zero attached hydrogens (tertiary/aromatic N) is 2. The number of carbonyl (C=O) groups excluding carboxylic acids is 2. The average Bonchev–Trinajstić information content (AvgIpc) is 2.82. The fourth-order valence-corrected chi connectivity index (χ4v) is 3.37. The number of ether oxygens (including phenoxy) is 1. The van der Waals surface area contributed by atoms with Crippen LogP contribution in [0.4, 0.5) is 0 Å². The van der Waals surface area contributed by atoms with Crippen LogP contribution in [0.2, 0.25) is 0 Å². The van der Waals surface area contributed by atoms with Crippen molar-refractivity contribution in [3.05, 3.63) is 36.0 Å². The Labute approximate surface area is 141 Å². The van der Waals surface area contributed by atoms with Crippen LogP contribution in [0.1, 0.15) is 17.3 Å². The second kappa shape index (κ2) is 7.15. The van der Waals surface area contributed by atoms with Crippen molar-refractivity contribution in [3.8, 4) is 0 Å². The van der Waals surface area contributed by atoms with Crippen LogP contribution in [-0.4, -0.2) is 54.1 Å². The van der Waals surface area contributed by atoms with E-state index in [0.29, 0.717) is 19.1 Å². The van der Waals surface area contributed by atoms with Crippen LogP contribution in [-0.2, 0) is 16.0 Å². The standard InChI is InChI=1S/C18H23N3O3/c1-13(22)21-5-4-16-9-14(2-3-17(16)21)8-15-10-20(11-18(19)23)6-7-24-12-15/h2-5,9,15H,6-8,10-12H2,1H3,(H2,19,23)/t15-/m1/s1. The first kappa shape index (κ1) is 16.7. The minimum Gasteiger partial charge on any atom is -0.380 e. The normalized spacial score (nSPS) is 19.3. The number of primary amides is 1. The van der Waals surface area contributed by atoms with Crippen LogP contribution < -0.4 is 5.73 Å². The molecule has 128 valence electrons. The van der Waals surface area contributed by atoms with E-state index in [-0.39, 0.29) is 18.4 Å². The van der Waals surface area contributed by atoms with Gasteiger partial charge in [0.25, 0.3) is 0 Å². The molecule has 0 radical (unpaired) electrons. The molecular weight excluding hydrogens is 306 g/mol. The fraction of sp³-hybridized carbons (Fsp3) is 0.444. The quantitative estimate of drug-likeness (QED) is 0.916. The molecule has 1 aromatic carbocycles. The van der Waals surface area contributed by atoms with Crippen LogP contribution in [0.3, 0.4) is 0 Å². The summed E-state index contributed by atoms with van der Waals surface area (Å²) in [5, 5.41) is 1.06. The molecule has 3 rings (SSSR count). The molecule has 2 aromatic rings. The van der Waals surface area contributed by atoms with Gasteiger partial charge >= 0.3 is 0 Å². The smallest absolute Gasteiger partial charge is 0.231 e. The molecule has 1 aliphatic rings. The van der Waals surface area contributed by atoms with E-state index < -0.39 is 0 Å². The zero-order valence-corrected chi connectivity index (χ0v) is 13.9. The Balaban J connectivity index is 1.73. The number of carbonyl (C=O) groups is 2. The summed E-state index contributed by atoms with van der Waals surface area (Å²) >= 11 is 0. The largest absolute Gasteiger partial charge is 0.380 e. The number of hydrogen-bond donors (Lipinski definition) is 1. The number of rotatable bonds is 4. The molecular formula is C18H23N3O3. The van der Waals surface area contributed by atoms with Crippen molar-refractivity contribution in [2.75, 3.05) is 32.8 Å². The summed E-state index contributed by atoms with van der Waals surface area (Å²) in [7, 11) is 0. The zero-order chi connectivity index (χ0) is 17.1. The van der Waals surface area contributed by atoms with E-state index in [2.05, 4.69) is 17.0 Å². The lowest BCUT2D eigenvalue weighted by Gasteiger charge is -2.22. The second-order valence-electron chi connectivity index (χ2n) is 6.44. The highest BCUT2D eigenvalue weighted by Crippen LogP contribution is 2.21. The van der Waals surface area contributed by atoms with Crippen LogP contribution in [0.15, 0.2) is 30.5 Å². The molecule has 0 unspecified atom stereocenters. The van der Waals surface area contributed by atoms with E-state index >= 15 is 0 Å². The van der Waals surface area contributed by atoms with Gasteiger partial charge in [0.2, 0.25) is 11.8 Å². The van der Waals surface area contributed by atoms with Crippen LogP contribution in [0, 0.1) is 5.92 Å². The maximum absolute atomic E-state index is 11.6. The van der Waals surface area contributed by atoms with E-state index in [1.165, 1.54) is 5.56 Å². The Kier molecular flexibility index (Phi) is 4.97. The summed E-state index contributed by atoms with van der Waals surface area (Å²) in [6.45, 7) is 4.69. The summed E-state index contributed by atoms with van der Waals surface area (Å²) in [5.74, 6) is 0.0267. The first-order chi connectivity index (χ1) is 11.5. The van der Waals surface area contributed by atoms with Gasteiger partial charge in [-0.05, 0) is 36.1 Å². The van der Waals surface area contributed by atoms with Gasteiger partial charge in [-0.3, -0.25) is 19.1 Å². The van der Waals surface area contributed by atoms with Crippen molar-refractivity contribution < 1.29 is 14.3 Å². The van der Waals surface area contributed by atoms with Gasteiger partial charge in [-0.25, -0.2) is 0 Å². The second-order valence-corrected chi connectivity index (χ2v) is 6.44. The third kappa shape index (κ3) is 3.83. The first-order valence-electron chi connectivity index (χ1n) is 8.22. The predicted molar refractivity (Wildman–Crippen MR) is 91.9 cm³/mol. The van der Waals surface area contributed by atoms with Crippen molar-refractivity contribution in [1.29, 1.82) is 0 Å². The Morgan fingerprint density at radius 3 is 2.92 bits per heavy atom. The Morgan fingerprint density at radius 2 is 2.17 bits per heavy atom. The molecule has 1 amide bonds. The third-order valence-corrected chi connectivity index (χ3v) is 4.42. The number of benzene rings is 1. The van der Waals surface area contributed by atoms with Gasteiger partial charge in [-0.1, -0.05) is 6.07 Å². The van der Waals surface area contributed by atoms with Crippen molar-refractivity contribution in [3.63, 3.8) is 0 Å². The summed E-state index contributed by atoms with van der Waals surface area (Å²) in [4.78, 5) is 24.8. The number of nitrogens with two attached hydrogens (primary N) is 1. The summed E-state index contributed by atoms with van der Waals surface area (Å²) < 4.78 is 7.33. The van der Waals surface area contributed by atoms with E-state index in [4.69, 9.17) is 10.5 Å². The molecule has 1 aliphatic heterocycles. The van der Waals surface area contributed by atoms with Gasteiger partial charge in [0, 0.05) is 31.6 Å². The van der Waals surface area contributed by atoms with E-state index in [1.807, 2.05) is 12.1 Å². The number of amides is 1. The minimum absolute atomic E-state index is 0.0111. The van der Waals surface area contributed by atoms with Gasteiger partial charge in [-0.2, -0.15) is 0 Å². The number of hydrogen-bond acceptors (Lipinski definition) is 4. The lowest BCUT2D eigenvalue weighted by atomic mass is 9.98. The molecule has 0 bridgehead atoms. The highest BCUT2D eigenvalue weighted by atomic mass is 16.5. The lowest BCUT2D eigenvalue weighted by molar-refractivity contribution is -0.119. The zero-order valence-electron chi connectivity index (χ0n) is 13.9. The van der Waals surface area contributed by atoms with Crippen LogP contribution >= 0.6 is 0 Å². The van der Waals surface area contributed by atoms with Crippen molar-refractivity contribution >= 4 is 22.7 Å². The molecule has 0 saturated carbocycles. The molecule has 0 spiro atoms. The predicted octanol–water partition coefficient (Wildman–Crippen LogP) is 1.28. The number of fused-ring (bicyclic) bond motifs is 1.